The maximum Gasteiger partial charge on any atom is 0.338 e. The van der Waals surface area contributed by atoms with Gasteiger partial charge in [-0.1, -0.05) is 47.7 Å². The second-order valence-corrected chi connectivity index (χ2v) is 11.2. The Balaban J connectivity index is 1.66. The molecule has 2 heterocycles. The molecular weight excluding hydrogens is 626 g/mol. The van der Waals surface area contributed by atoms with Crippen LogP contribution in [0.3, 0.4) is 0 Å². The Labute approximate surface area is 273 Å². The van der Waals surface area contributed by atoms with E-state index in [4.69, 9.17) is 23.7 Å². The summed E-state index contributed by atoms with van der Waals surface area (Å²) in [7, 11) is 2.95. The van der Waals surface area contributed by atoms with E-state index in [1.807, 2.05) is 37.3 Å². The molecule has 0 N–H and O–H groups in total. The smallest absolute Gasteiger partial charge is 0.338 e. The Morgan fingerprint density at radius 3 is 2.36 bits per heavy atom. The zero-order valence-electron chi connectivity index (χ0n) is 26.5. The fourth-order valence-corrected chi connectivity index (χ4v) is 6.26. The fourth-order valence-electron chi connectivity index (χ4n) is 5.23. The van der Waals surface area contributed by atoms with Crippen LogP contribution in [0.1, 0.15) is 43.5 Å². The third kappa shape index (κ3) is 6.75. The number of allylic oxidation sites excluding steroid dienone is 1. The highest BCUT2D eigenvalue weighted by molar-refractivity contribution is 7.07. The number of nitro benzene ring substituents is 1. The molecule has 0 unspecified atom stereocenters. The van der Waals surface area contributed by atoms with Crippen LogP contribution in [-0.2, 0) is 16.1 Å². The molecule has 1 aliphatic heterocycles. The topological polar surface area (TPSA) is 141 Å². The van der Waals surface area contributed by atoms with E-state index in [-0.39, 0.29) is 46.1 Å². The molecule has 0 saturated heterocycles. The lowest BCUT2D eigenvalue weighted by Gasteiger charge is -2.25. The molecule has 0 saturated carbocycles. The Bertz CT molecular complexity index is 2030. The number of hydrogen-bond donors (Lipinski definition) is 0. The lowest BCUT2D eigenvalue weighted by atomic mass is 9.95. The van der Waals surface area contributed by atoms with Crippen molar-refractivity contribution in [3.05, 3.63) is 118 Å². The predicted octanol–water partition coefficient (Wildman–Crippen LogP) is 4.70. The molecule has 1 aliphatic rings. The molecular formula is C34H33N3O9S. The quantitative estimate of drug-likeness (QED) is 0.120. The largest absolute Gasteiger partial charge is 0.493 e. The van der Waals surface area contributed by atoms with Crippen molar-refractivity contribution < 1.29 is 33.4 Å². The number of nitro groups is 1. The SMILES string of the molecule is CCOC(=O)C1=C(C)N=c2s/c(=C\c3cc(OC)c(OCc4ccccc4)cc3[N+](=O)[O-])c(=O)n2[C@H]1c1ccc(OC)c(OCC)c1. The van der Waals surface area contributed by atoms with Crippen molar-refractivity contribution in [3.63, 3.8) is 0 Å². The van der Waals surface area contributed by atoms with Gasteiger partial charge in [0.15, 0.2) is 27.8 Å². The minimum absolute atomic E-state index is 0.121. The number of carbonyl (C=O) groups is 1. The van der Waals surface area contributed by atoms with Gasteiger partial charge < -0.3 is 23.7 Å². The number of nitrogens with zero attached hydrogens (tertiary/aromatic N) is 3. The highest BCUT2D eigenvalue weighted by Gasteiger charge is 2.34. The van der Waals surface area contributed by atoms with Gasteiger partial charge in [-0.2, -0.15) is 0 Å². The van der Waals surface area contributed by atoms with E-state index in [0.29, 0.717) is 34.2 Å². The molecule has 4 aromatic rings. The van der Waals surface area contributed by atoms with Gasteiger partial charge in [0.1, 0.15) is 6.61 Å². The first-order chi connectivity index (χ1) is 22.7. The van der Waals surface area contributed by atoms with Gasteiger partial charge in [0.05, 0.1) is 65.8 Å². The summed E-state index contributed by atoms with van der Waals surface area (Å²) in [6.45, 7) is 5.85. The van der Waals surface area contributed by atoms with Crippen LogP contribution in [0.5, 0.6) is 23.0 Å². The molecule has 0 radical (unpaired) electrons. The average Bonchev–Trinajstić information content (AvgIpc) is 3.37. The summed E-state index contributed by atoms with van der Waals surface area (Å²) >= 11 is 1.05. The Morgan fingerprint density at radius 2 is 1.70 bits per heavy atom. The number of hydrogen-bond acceptors (Lipinski definition) is 11. The van der Waals surface area contributed by atoms with Crippen molar-refractivity contribution in [2.75, 3.05) is 27.4 Å². The van der Waals surface area contributed by atoms with Crippen molar-refractivity contribution in [1.29, 1.82) is 0 Å². The van der Waals surface area contributed by atoms with E-state index in [9.17, 15) is 19.7 Å². The molecule has 1 atom stereocenters. The van der Waals surface area contributed by atoms with Crippen molar-refractivity contribution in [2.24, 2.45) is 4.99 Å². The van der Waals surface area contributed by atoms with Gasteiger partial charge in [0, 0.05) is 0 Å². The molecule has 0 bridgehead atoms. The maximum atomic E-state index is 14.2. The summed E-state index contributed by atoms with van der Waals surface area (Å²) in [5.41, 5.74) is 1.35. The summed E-state index contributed by atoms with van der Waals surface area (Å²) in [4.78, 5) is 44.0. The number of carbonyl (C=O) groups excluding carboxylic acids is 1. The lowest BCUT2D eigenvalue weighted by molar-refractivity contribution is -0.385. The van der Waals surface area contributed by atoms with E-state index >= 15 is 0 Å². The molecule has 3 aromatic carbocycles. The molecule has 12 nitrogen and oxygen atoms in total. The maximum absolute atomic E-state index is 14.2. The summed E-state index contributed by atoms with van der Waals surface area (Å²) in [6.07, 6.45) is 1.42. The van der Waals surface area contributed by atoms with Crippen LogP contribution >= 0.6 is 11.3 Å². The Morgan fingerprint density at radius 1 is 0.979 bits per heavy atom. The number of thiazole rings is 1. The van der Waals surface area contributed by atoms with Crippen LogP contribution in [0.15, 0.2) is 81.7 Å². The number of esters is 1. The highest BCUT2D eigenvalue weighted by atomic mass is 32.1. The highest BCUT2D eigenvalue weighted by Crippen LogP contribution is 2.37. The third-order valence-corrected chi connectivity index (χ3v) is 8.34. The van der Waals surface area contributed by atoms with Gasteiger partial charge >= 0.3 is 5.97 Å². The average molecular weight is 660 g/mol. The zero-order chi connectivity index (χ0) is 33.7. The van der Waals surface area contributed by atoms with Gasteiger partial charge in [-0.3, -0.25) is 19.5 Å². The molecule has 1 aromatic heterocycles. The molecule has 0 aliphatic carbocycles. The van der Waals surface area contributed by atoms with Gasteiger partial charge in [-0.25, -0.2) is 9.79 Å². The number of benzene rings is 3. The number of rotatable bonds is 12. The second kappa shape index (κ2) is 14.3. The van der Waals surface area contributed by atoms with E-state index in [1.165, 1.54) is 37.0 Å². The molecule has 244 valence electrons. The van der Waals surface area contributed by atoms with E-state index in [0.717, 1.165) is 16.9 Å². The predicted molar refractivity (Wildman–Crippen MR) is 175 cm³/mol. The molecule has 0 amide bonds. The van der Waals surface area contributed by atoms with Crippen LogP contribution in [0.4, 0.5) is 5.69 Å². The summed E-state index contributed by atoms with van der Waals surface area (Å²) in [5, 5.41) is 12.2. The van der Waals surface area contributed by atoms with Crippen LogP contribution in [0.25, 0.3) is 6.08 Å². The van der Waals surface area contributed by atoms with Gasteiger partial charge in [0.25, 0.3) is 11.2 Å². The first-order valence-electron chi connectivity index (χ1n) is 14.7. The number of ether oxygens (including phenoxy) is 5. The second-order valence-electron chi connectivity index (χ2n) is 10.2. The first kappa shape index (κ1) is 32.9. The molecule has 0 fully saturated rings. The van der Waals surface area contributed by atoms with Gasteiger partial charge in [-0.15, -0.1) is 0 Å². The molecule has 5 rings (SSSR count). The van der Waals surface area contributed by atoms with Crippen LogP contribution in [-0.4, -0.2) is 42.9 Å². The molecule has 0 spiro atoms. The van der Waals surface area contributed by atoms with E-state index in [2.05, 4.69) is 4.99 Å². The molecule has 13 heteroatoms. The van der Waals surface area contributed by atoms with Crippen molar-refractivity contribution >= 4 is 29.1 Å². The van der Waals surface area contributed by atoms with Crippen LogP contribution < -0.4 is 33.8 Å². The molecule has 47 heavy (non-hydrogen) atoms. The standard InChI is InChI=1S/C34H33N3O9S/c1-6-44-27-15-22(13-14-25(27)42-4)31-30(33(39)45-7-2)20(3)35-34-36(31)32(38)29(47-34)17-23-16-26(43-5)28(18-24(23)37(40)41)46-19-21-11-9-8-10-12-21/h8-18,31H,6-7,19H2,1-5H3/b29-17-/t31-/m0/s1. The lowest BCUT2D eigenvalue weighted by Crippen LogP contribution is -2.40. The van der Waals surface area contributed by atoms with Gasteiger partial charge in [0.2, 0.25) is 0 Å². The van der Waals surface area contributed by atoms with Gasteiger partial charge in [-0.05, 0) is 56.2 Å². The summed E-state index contributed by atoms with van der Waals surface area (Å²) in [5.74, 6) is 0.739. The minimum Gasteiger partial charge on any atom is -0.493 e. The van der Waals surface area contributed by atoms with Crippen molar-refractivity contribution in [3.8, 4) is 23.0 Å². The first-order valence-corrected chi connectivity index (χ1v) is 15.6. The Hall–Kier alpha value is -5.43. The third-order valence-electron chi connectivity index (χ3n) is 7.35. The Kier molecular flexibility index (Phi) is 10.0. The summed E-state index contributed by atoms with van der Waals surface area (Å²) < 4.78 is 29.6. The zero-order valence-corrected chi connectivity index (χ0v) is 27.3. The van der Waals surface area contributed by atoms with E-state index < -0.39 is 22.5 Å². The number of aromatic nitrogens is 1. The van der Waals surface area contributed by atoms with Crippen LogP contribution in [0.2, 0.25) is 0 Å². The number of methoxy groups -OCH3 is 2. The minimum atomic E-state index is -0.921. The van der Waals surface area contributed by atoms with Crippen LogP contribution in [0, 0.1) is 10.1 Å². The monoisotopic (exact) mass is 659 g/mol. The normalized spacial score (nSPS) is 14.2. The number of fused-ring (bicyclic) bond motifs is 1. The summed E-state index contributed by atoms with van der Waals surface area (Å²) in [6, 6.07) is 16.3. The van der Waals surface area contributed by atoms with Crippen molar-refractivity contribution in [1.82, 2.24) is 4.57 Å². The fraction of sp³-hybridized carbons (Fsp3) is 0.265. The van der Waals surface area contributed by atoms with E-state index in [1.54, 1.807) is 32.0 Å². The van der Waals surface area contributed by atoms with Crippen molar-refractivity contribution in [2.45, 2.75) is 33.4 Å².